The summed E-state index contributed by atoms with van der Waals surface area (Å²) >= 11 is 0. The summed E-state index contributed by atoms with van der Waals surface area (Å²) in [5.41, 5.74) is 1.68. The average molecular weight is 423 g/mol. The van der Waals surface area contributed by atoms with Crippen LogP contribution in [-0.4, -0.2) is 57.1 Å². The van der Waals surface area contributed by atoms with Crippen LogP contribution in [0.25, 0.3) is 16.9 Å². The van der Waals surface area contributed by atoms with E-state index < -0.39 is 0 Å². The van der Waals surface area contributed by atoms with E-state index in [1.807, 2.05) is 0 Å². The van der Waals surface area contributed by atoms with Crippen LogP contribution in [0.2, 0.25) is 0 Å². The fourth-order valence-corrected chi connectivity index (χ4v) is 3.53. The predicted octanol–water partition coefficient (Wildman–Crippen LogP) is 2.73. The molecule has 162 valence electrons. The number of carbonyl (C=O) groups is 1. The number of hydrogen-bond acceptors (Lipinski definition) is 7. The molecule has 1 saturated heterocycles. The van der Waals surface area contributed by atoms with Gasteiger partial charge in [0.15, 0.2) is 5.82 Å². The lowest BCUT2D eigenvalue weighted by Crippen LogP contribution is -2.29. The van der Waals surface area contributed by atoms with Crippen LogP contribution in [0.1, 0.15) is 36.0 Å². The molecule has 0 aliphatic carbocycles. The van der Waals surface area contributed by atoms with Crippen molar-refractivity contribution in [1.29, 1.82) is 0 Å². The fourth-order valence-electron chi connectivity index (χ4n) is 3.53. The highest BCUT2D eigenvalue weighted by molar-refractivity contribution is 5.93. The van der Waals surface area contributed by atoms with Gasteiger partial charge in [-0.25, -0.2) is 9.97 Å². The number of aromatic hydroxyl groups is 1. The van der Waals surface area contributed by atoms with E-state index in [0.29, 0.717) is 34.9 Å². The molecule has 9 heteroatoms. The van der Waals surface area contributed by atoms with Gasteiger partial charge in [-0.2, -0.15) is 9.78 Å². The van der Waals surface area contributed by atoms with Gasteiger partial charge in [0.25, 0.3) is 5.91 Å². The van der Waals surface area contributed by atoms with Crippen LogP contribution in [0, 0.1) is 0 Å². The Labute approximate surface area is 180 Å². The van der Waals surface area contributed by atoms with Gasteiger partial charge in [-0.1, -0.05) is 0 Å². The van der Waals surface area contributed by atoms with Crippen molar-refractivity contribution in [1.82, 2.24) is 25.1 Å². The van der Waals surface area contributed by atoms with Crippen LogP contribution >= 0.6 is 0 Å². The van der Waals surface area contributed by atoms with Gasteiger partial charge >= 0.3 is 0 Å². The minimum Gasteiger partial charge on any atom is -0.493 e. The van der Waals surface area contributed by atoms with E-state index in [0.717, 1.165) is 25.9 Å². The second kappa shape index (κ2) is 9.57. The Balaban J connectivity index is 1.41. The summed E-state index contributed by atoms with van der Waals surface area (Å²) in [5, 5.41) is 17.8. The first-order chi connectivity index (χ1) is 15.2. The van der Waals surface area contributed by atoms with E-state index in [2.05, 4.69) is 20.4 Å². The first-order valence-corrected chi connectivity index (χ1v) is 10.3. The summed E-state index contributed by atoms with van der Waals surface area (Å²) in [5.74, 6) is 0.583. The summed E-state index contributed by atoms with van der Waals surface area (Å²) in [7, 11) is 1.53. The van der Waals surface area contributed by atoms with Crippen molar-refractivity contribution in [3.8, 4) is 28.7 Å². The summed E-state index contributed by atoms with van der Waals surface area (Å²) < 4.78 is 12.1. The molecule has 9 nitrogen and oxygen atoms in total. The fraction of sp³-hybridized carbons (Fsp3) is 0.364. The normalized spacial score (nSPS) is 16.1. The number of rotatable bonds is 7. The zero-order valence-electron chi connectivity index (χ0n) is 17.3. The van der Waals surface area contributed by atoms with Crippen LogP contribution in [0.15, 0.2) is 42.9 Å². The molecule has 0 aromatic carbocycles. The molecule has 0 saturated carbocycles. The van der Waals surface area contributed by atoms with Crippen molar-refractivity contribution in [2.45, 2.75) is 31.8 Å². The molecular weight excluding hydrogens is 398 g/mol. The molecule has 0 bridgehead atoms. The monoisotopic (exact) mass is 423 g/mol. The molecule has 2 N–H and O–H groups in total. The number of pyridine rings is 2. The second-order valence-corrected chi connectivity index (χ2v) is 7.32. The summed E-state index contributed by atoms with van der Waals surface area (Å²) in [4.78, 5) is 20.7. The molecule has 1 fully saturated rings. The number of methoxy groups -OCH3 is 1. The minimum absolute atomic E-state index is 0.0644. The Bertz CT molecular complexity index is 1030. The Hall–Kier alpha value is -3.46. The Morgan fingerprint density at radius 1 is 1.29 bits per heavy atom. The maximum absolute atomic E-state index is 12.4. The maximum Gasteiger partial charge on any atom is 0.252 e. The smallest absolute Gasteiger partial charge is 0.252 e. The molecule has 1 atom stereocenters. The van der Waals surface area contributed by atoms with Crippen LogP contribution in [0.4, 0.5) is 0 Å². The molecule has 0 spiro atoms. The van der Waals surface area contributed by atoms with Crippen molar-refractivity contribution in [3.63, 3.8) is 0 Å². The molecule has 31 heavy (non-hydrogen) atoms. The number of hydrogen-bond donors (Lipinski definition) is 2. The van der Waals surface area contributed by atoms with Crippen molar-refractivity contribution in [2.24, 2.45) is 0 Å². The first kappa shape index (κ1) is 20.8. The van der Waals surface area contributed by atoms with Gasteiger partial charge in [-0.3, -0.25) is 4.79 Å². The van der Waals surface area contributed by atoms with Gasteiger partial charge in [0.2, 0.25) is 11.8 Å². The molecule has 1 aliphatic heterocycles. The highest BCUT2D eigenvalue weighted by Gasteiger charge is 2.16. The first-order valence-electron chi connectivity index (χ1n) is 10.3. The Kier molecular flexibility index (Phi) is 6.42. The zero-order chi connectivity index (χ0) is 21.6. The van der Waals surface area contributed by atoms with E-state index in [1.54, 1.807) is 36.7 Å². The Morgan fingerprint density at radius 2 is 2.19 bits per heavy atom. The van der Waals surface area contributed by atoms with Crippen molar-refractivity contribution in [3.05, 3.63) is 48.4 Å². The number of aromatic nitrogens is 4. The molecule has 3 aromatic heterocycles. The quantitative estimate of drug-likeness (QED) is 0.601. The number of nitrogens with zero attached hydrogens (tertiary/aromatic N) is 4. The van der Waals surface area contributed by atoms with Crippen molar-refractivity contribution in [2.75, 3.05) is 20.3 Å². The third-order valence-electron chi connectivity index (χ3n) is 5.25. The Morgan fingerprint density at radius 3 is 2.94 bits per heavy atom. The minimum atomic E-state index is -0.191. The molecular formula is C22H25N5O4. The summed E-state index contributed by atoms with van der Waals surface area (Å²) in [6.07, 6.45) is 8.99. The highest BCUT2D eigenvalue weighted by Crippen LogP contribution is 2.31. The molecule has 1 amide bonds. The van der Waals surface area contributed by atoms with Crippen LogP contribution < -0.4 is 10.1 Å². The molecule has 4 rings (SSSR count). The average Bonchev–Trinajstić information content (AvgIpc) is 3.21. The summed E-state index contributed by atoms with van der Waals surface area (Å²) in [6, 6.07) is 6.76. The maximum atomic E-state index is 12.4. The molecule has 3 aromatic rings. The molecule has 4 heterocycles. The van der Waals surface area contributed by atoms with Gasteiger partial charge < -0.3 is 19.9 Å². The summed E-state index contributed by atoms with van der Waals surface area (Å²) in [6.45, 7) is 1.37. The number of amides is 1. The van der Waals surface area contributed by atoms with E-state index in [1.165, 1.54) is 24.4 Å². The van der Waals surface area contributed by atoms with Gasteiger partial charge in [0.05, 0.1) is 30.5 Å². The number of ether oxygens (including phenoxy) is 2. The van der Waals surface area contributed by atoms with Crippen molar-refractivity contribution >= 4 is 5.91 Å². The van der Waals surface area contributed by atoms with Gasteiger partial charge in [-0.15, -0.1) is 0 Å². The van der Waals surface area contributed by atoms with E-state index in [-0.39, 0.29) is 17.9 Å². The molecule has 0 radical (unpaired) electrons. The van der Waals surface area contributed by atoms with E-state index >= 15 is 0 Å². The number of nitrogens with one attached hydrogen (secondary N) is 1. The second-order valence-electron chi connectivity index (χ2n) is 7.32. The van der Waals surface area contributed by atoms with Crippen LogP contribution in [-0.2, 0) is 4.74 Å². The van der Waals surface area contributed by atoms with Gasteiger partial charge in [0, 0.05) is 31.6 Å². The van der Waals surface area contributed by atoms with Gasteiger partial charge in [0.1, 0.15) is 0 Å². The SMILES string of the molecule is COc1cc(-c2cnn(-c3ccc(C(=O)NCCC4CCCCO4)cn3)c2O)ccn1. The zero-order valence-corrected chi connectivity index (χ0v) is 17.3. The van der Waals surface area contributed by atoms with E-state index in [9.17, 15) is 9.90 Å². The third-order valence-corrected chi connectivity index (χ3v) is 5.25. The topological polar surface area (TPSA) is 111 Å². The van der Waals surface area contributed by atoms with Gasteiger partial charge in [-0.05, 0) is 49.4 Å². The predicted molar refractivity (Wildman–Crippen MR) is 113 cm³/mol. The largest absolute Gasteiger partial charge is 0.493 e. The lowest BCUT2D eigenvalue weighted by Gasteiger charge is -2.22. The third kappa shape index (κ3) is 4.83. The molecule has 1 unspecified atom stereocenters. The van der Waals surface area contributed by atoms with Crippen LogP contribution in [0.3, 0.4) is 0 Å². The highest BCUT2D eigenvalue weighted by atomic mass is 16.5. The van der Waals surface area contributed by atoms with Crippen LogP contribution in [0.5, 0.6) is 11.8 Å². The number of carbonyl (C=O) groups excluding carboxylic acids is 1. The van der Waals surface area contributed by atoms with Crippen molar-refractivity contribution < 1.29 is 19.4 Å². The lowest BCUT2D eigenvalue weighted by atomic mass is 10.1. The van der Waals surface area contributed by atoms with E-state index in [4.69, 9.17) is 9.47 Å². The molecule has 1 aliphatic rings. The standard InChI is InChI=1S/C22H25N5O4/c1-30-20-12-15(7-9-23-20)18-14-26-27(22(18)29)19-6-5-16(13-25-19)21(28)24-10-8-17-4-2-3-11-31-17/h5-7,9,12-14,17,29H,2-4,8,10-11H2,1H3,(H,24,28). The lowest BCUT2D eigenvalue weighted by molar-refractivity contribution is 0.0117.